The van der Waals surface area contributed by atoms with Gasteiger partial charge in [0.05, 0.1) is 15.9 Å². The summed E-state index contributed by atoms with van der Waals surface area (Å²) in [5.74, 6) is 0.105. The van der Waals surface area contributed by atoms with Gasteiger partial charge in [0.15, 0.2) is 11.6 Å². The average molecular weight is 186 g/mol. The molecule has 1 aliphatic rings. The van der Waals surface area contributed by atoms with Crippen molar-refractivity contribution in [1.29, 1.82) is 0 Å². The van der Waals surface area contributed by atoms with Gasteiger partial charge >= 0.3 is 0 Å². The zero-order valence-corrected chi connectivity index (χ0v) is 8.75. The fourth-order valence-corrected chi connectivity index (χ4v) is 2.97. The molecule has 1 saturated heterocycles. The van der Waals surface area contributed by atoms with Crippen LogP contribution in [0.1, 0.15) is 34.1 Å². The van der Waals surface area contributed by atoms with E-state index in [1.165, 1.54) is 11.8 Å². The summed E-state index contributed by atoms with van der Waals surface area (Å²) < 4.78 is -0.783. The second-order valence-corrected chi connectivity index (χ2v) is 6.39. The van der Waals surface area contributed by atoms with Gasteiger partial charge in [0.2, 0.25) is 0 Å². The Hall–Kier alpha value is -0.310. The van der Waals surface area contributed by atoms with Crippen LogP contribution in [0.3, 0.4) is 0 Å². The molecule has 12 heavy (non-hydrogen) atoms. The predicted octanol–water partition coefficient (Wildman–Crippen LogP) is 1.82. The van der Waals surface area contributed by atoms with Crippen LogP contribution in [0.4, 0.5) is 0 Å². The highest BCUT2D eigenvalue weighted by atomic mass is 32.2. The summed E-state index contributed by atoms with van der Waals surface area (Å²) >= 11 is 1.46. The topological polar surface area (TPSA) is 34.1 Å². The Bertz CT molecular complexity index is 217. The Morgan fingerprint density at radius 2 is 1.33 bits per heavy atom. The molecule has 3 heteroatoms. The van der Waals surface area contributed by atoms with Gasteiger partial charge in [0, 0.05) is 0 Å². The summed E-state index contributed by atoms with van der Waals surface area (Å²) in [6.07, 6.45) is 0.104. The fourth-order valence-electron chi connectivity index (χ4n) is 1.32. The van der Waals surface area contributed by atoms with Crippen LogP contribution in [0.15, 0.2) is 0 Å². The average Bonchev–Trinajstić information content (AvgIpc) is 1.82. The van der Waals surface area contributed by atoms with Crippen LogP contribution in [0, 0.1) is 0 Å². The largest absolute Gasteiger partial charge is 0.298 e. The van der Waals surface area contributed by atoms with Crippen molar-refractivity contribution in [3.8, 4) is 0 Å². The monoisotopic (exact) mass is 186 g/mol. The third-order valence-corrected chi connectivity index (χ3v) is 3.65. The molecule has 0 radical (unpaired) electrons. The van der Waals surface area contributed by atoms with Crippen LogP contribution in [-0.4, -0.2) is 21.1 Å². The van der Waals surface area contributed by atoms with E-state index in [4.69, 9.17) is 0 Å². The van der Waals surface area contributed by atoms with Crippen molar-refractivity contribution in [3.63, 3.8) is 0 Å². The number of carbonyl (C=O) groups excluding carboxylic acids is 2. The maximum atomic E-state index is 11.4. The van der Waals surface area contributed by atoms with Crippen molar-refractivity contribution in [2.24, 2.45) is 0 Å². The van der Waals surface area contributed by atoms with E-state index in [1.54, 1.807) is 0 Å². The molecule has 0 aromatic heterocycles. The molecule has 68 valence electrons. The first-order chi connectivity index (χ1) is 5.26. The number of thioether (sulfide) groups is 1. The van der Waals surface area contributed by atoms with Crippen LogP contribution in [0.5, 0.6) is 0 Å². The lowest BCUT2D eigenvalue weighted by atomic mass is 9.95. The molecule has 1 rings (SSSR count). The zero-order valence-electron chi connectivity index (χ0n) is 7.93. The van der Waals surface area contributed by atoms with Gasteiger partial charge in [-0.2, -0.15) is 0 Å². The number of rotatable bonds is 0. The molecule has 2 nitrogen and oxygen atoms in total. The van der Waals surface area contributed by atoms with Crippen molar-refractivity contribution in [3.05, 3.63) is 0 Å². The van der Waals surface area contributed by atoms with E-state index in [9.17, 15) is 9.59 Å². The Balaban J connectivity index is 2.93. The van der Waals surface area contributed by atoms with Crippen LogP contribution in [0.2, 0.25) is 0 Å². The maximum Gasteiger partial charge on any atom is 0.155 e. The van der Waals surface area contributed by atoms with Crippen LogP contribution in [-0.2, 0) is 9.59 Å². The van der Waals surface area contributed by atoms with Crippen molar-refractivity contribution < 1.29 is 9.59 Å². The number of hydrogen-bond donors (Lipinski definition) is 0. The molecule has 1 fully saturated rings. The van der Waals surface area contributed by atoms with E-state index in [-0.39, 0.29) is 18.0 Å². The molecule has 0 saturated carbocycles. The van der Waals surface area contributed by atoms with Crippen molar-refractivity contribution in [1.82, 2.24) is 0 Å². The lowest BCUT2D eigenvalue weighted by Crippen LogP contribution is -2.46. The summed E-state index contributed by atoms with van der Waals surface area (Å²) in [4.78, 5) is 22.7. The molecule has 1 aliphatic heterocycles. The highest BCUT2D eigenvalue weighted by Crippen LogP contribution is 2.43. The van der Waals surface area contributed by atoms with E-state index >= 15 is 0 Å². The molecule has 0 unspecified atom stereocenters. The van der Waals surface area contributed by atoms with Gasteiger partial charge in [0.1, 0.15) is 0 Å². The summed E-state index contributed by atoms with van der Waals surface area (Å²) in [5.41, 5.74) is 0. The Morgan fingerprint density at radius 1 is 1.00 bits per heavy atom. The number of carbonyl (C=O) groups is 2. The van der Waals surface area contributed by atoms with Crippen LogP contribution in [0.25, 0.3) is 0 Å². The van der Waals surface area contributed by atoms with E-state index in [1.807, 2.05) is 27.7 Å². The Morgan fingerprint density at radius 3 is 1.58 bits per heavy atom. The van der Waals surface area contributed by atoms with Gasteiger partial charge < -0.3 is 0 Å². The first kappa shape index (κ1) is 9.78. The lowest BCUT2D eigenvalue weighted by Gasteiger charge is -2.37. The van der Waals surface area contributed by atoms with Crippen LogP contribution >= 0.6 is 11.8 Å². The van der Waals surface area contributed by atoms with Crippen molar-refractivity contribution in [2.45, 2.75) is 43.6 Å². The van der Waals surface area contributed by atoms with E-state index < -0.39 is 9.49 Å². The summed E-state index contributed by atoms with van der Waals surface area (Å²) in [6.45, 7) is 7.53. The first-order valence-corrected chi connectivity index (χ1v) is 4.84. The molecule has 0 amide bonds. The summed E-state index contributed by atoms with van der Waals surface area (Å²) in [6, 6.07) is 0. The van der Waals surface area contributed by atoms with Gasteiger partial charge in [0.25, 0.3) is 0 Å². The third kappa shape index (κ3) is 1.56. The second-order valence-electron chi connectivity index (χ2n) is 4.15. The van der Waals surface area contributed by atoms with Crippen molar-refractivity contribution in [2.75, 3.05) is 0 Å². The van der Waals surface area contributed by atoms with Gasteiger partial charge in [-0.3, -0.25) is 9.59 Å². The molecule has 1 heterocycles. The smallest absolute Gasteiger partial charge is 0.155 e. The molecule has 0 atom stereocenters. The number of Topliss-reactive ketones (excluding diaryl/α,β-unsaturated/α-hetero) is 2. The molecule has 0 aromatic carbocycles. The van der Waals surface area contributed by atoms with E-state index in [2.05, 4.69) is 0 Å². The van der Waals surface area contributed by atoms with Crippen molar-refractivity contribution >= 4 is 23.3 Å². The quantitative estimate of drug-likeness (QED) is 0.541. The lowest BCUT2D eigenvalue weighted by molar-refractivity contribution is -0.129. The Kier molecular flexibility index (Phi) is 2.11. The minimum atomic E-state index is -0.391. The van der Waals surface area contributed by atoms with E-state index in [0.29, 0.717) is 0 Å². The Labute approximate surface area is 77.1 Å². The molecule has 0 aromatic rings. The normalized spacial score (nSPS) is 27.3. The predicted molar refractivity (Wildman–Crippen MR) is 50.4 cm³/mol. The van der Waals surface area contributed by atoms with Crippen LogP contribution < -0.4 is 0 Å². The van der Waals surface area contributed by atoms with Gasteiger partial charge in [-0.05, 0) is 27.7 Å². The molecule has 0 bridgehead atoms. The number of ketones is 2. The molecule has 0 N–H and O–H groups in total. The minimum Gasteiger partial charge on any atom is -0.298 e. The fraction of sp³-hybridized carbons (Fsp3) is 0.778. The van der Waals surface area contributed by atoms with Gasteiger partial charge in [-0.15, -0.1) is 11.8 Å². The summed E-state index contributed by atoms with van der Waals surface area (Å²) in [5, 5.41) is 0. The second kappa shape index (κ2) is 2.59. The molecule has 0 aliphatic carbocycles. The highest BCUT2D eigenvalue weighted by molar-refractivity contribution is 8.03. The zero-order chi connectivity index (χ0) is 9.57. The molecule has 0 spiro atoms. The number of hydrogen-bond acceptors (Lipinski definition) is 3. The van der Waals surface area contributed by atoms with Gasteiger partial charge in [-0.1, -0.05) is 0 Å². The molecular weight excluding hydrogens is 172 g/mol. The van der Waals surface area contributed by atoms with E-state index in [0.717, 1.165) is 0 Å². The van der Waals surface area contributed by atoms with Gasteiger partial charge in [-0.25, -0.2) is 0 Å². The standard InChI is InChI=1S/C9H14O2S/c1-8(2)6(10)5-7(11)9(3,4)12-8/h5H2,1-4H3. The first-order valence-electron chi connectivity index (χ1n) is 4.02. The molecular formula is C9H14O2S. The maximum absolute atomic E-state index is 11.4. The summed E-state index contributed by atoms with van der Waals surface area (Å²) in [7, 11) is 0. The minimum absolute atomic E-state index is 0.0526. The third-order valence-electron chi connectivity index (χ3n) is 2.17. The highest BCUT2D eigenvalue weighted by Gasteiger charge is 2.45. The SMILES string of the molecule is CC1(C)SC(C)(C)C(=O)CC1=O.